The van der Waals surface area contributed by atoms with E-state index >= 15 is 0 Å². The van der Waals surface area contributed by atoms with E-state index in [2.05, 4.69) is 5.32 Å². The number of rotatable bonds is 11. The van der Waals surface area contributed by atoms with Crippen molar-refractivity contribution >= 4 is 58.4 Å². The van der Waals surface area contributed by atoms with Crippen LogP contribution in [-0.2, 0) is 28.3 Å². The maximum absolute atomic E-state index is 13.8. The van der Waals surface area contributed by atoms with E-state index in [0.717, 1.165) is 42.4 Å². The van der Waals surface area contributed by atoms with E-state index in [9.17, 15) is 9.59 Å². The lowest BCUT2D eigenvalue weighted by atomic mass is 10.0. The fourth-order valence-electron chi connectivity index (χ4n) is 4.68. The van der Waals surface area contributed by atoms with Crippen LogP contribution >= 0.6 is 46.6 Å². The molecule has 1 fully saturated rings. The van der Waals surface area contributed by atoms with Gasteiger partial charge in [-0.15, -0.1) is 11.8 Å². The summed E-state index contributed by atoms with van der Waals surface area (Å²) in [5, 5.41) is 5.01. The Bertz CT molecular complexity index is 1220. The quantitative estimate of drug-likeness (QED) is 0.251. The molecule has 38 heavy (non-hydrogen) atoms. The largest absolute Gasteiger partial charge is 0.352 e. The number of nitrogens with zero attached hydrogens (tertiary/aromatic N) is 1. The molecular weight excluding hydrogens is 559 g/mol. The zero-order valence-electron chi connectivity index (χ0n) is 21.0. The highest BCUT2D eigenvalue weighted by atomic mass is 35.5. The van der Waals surface area contributed by atoms with E-state index in [0.29, 0.717) is 33.8 Å². The minimum Gasteiger partial charge on any atom is -0.352 e. The van der Waals surface area contributed by atoms with Crippen LogP contribution in [0.25, 0.3) is 0 Å². The van der Waals surface area contributed by atoms with Gasteiger partial charge in [-0.25, -0.2) is 0 Å². The molecule has 200 valence electrons. The van der Waals surface area contributed by atoms with E-state index in [4.69, 9.17) is 34.8 Å². The van der Waals surface area contributed by atoms with Gasteiger partial charge >= 0.3 is 0 Å². The summed E-state index contributed by atoms with van der Waals surface area (Å²) in [6.45, 7) is 0.313. The fraction of sp³-hybridized carbons (Fsp3) is 0.333. The van der Waals surface area contributed by atoms with Gasteiger partial charge in [-0.2, -0.15) is 0 Å². The number of hydrogen-bond donors (Lipinski definition) is 1. The van der Waals surface area contributed by atoms with Crippen molar-refractivity contribution in [2.75, 3.05) is 5.75 Å². The van der Waals surface area contributed by atoms with E-state index in [-0.39, 0.29) is 23.6 Å². The number of amides is 2. The van der Waals surface area contributed by atoms with Crippen LogP contribution in [-0.4, -0.2) is 34.6 Å². The topological polar surface area (TPSA) is 49.4 Å². The predicted molar refractivity (Wildman–Crippen MR) is 159 cm³/mol. The number of carbonyl (C=O) groups excluding carboxylic acids is 2. The monoisotopic (exact) mass is 588 g/mol. The van der Waals surface area contributed by atoms with E-state index in [1.807, 2.05) is 60.7 Å². The lowest BCUT2D eigenvalue weighted by molar-refractivity contribution is -0.139. The van der Waals surface area contributed by atoms with Gasteiger partial charge < -0.3 is 10.2 Å². The Morgan fingerprint density at radius 1 is 0.895 bits per heavy atom. The van der Waals surface area contributed by atoms with Gasteiger partial charge in [0.2, 0.25) is 11.8 Å². The molecule has 0 aromatic heterocycles. The first-order chi connectivity index (χ1) is 18.4. The molecule has 0 unspecified atom stereocenters. The summed E-state index contributed by atoms with van der Waals surface area (Å²) in [4.78, 5) is 29.2. The normalized spacial score (nSPS) is 14.3. The van der Waals surface area contributed by atoms with Gasteiger partial charge in [0.1, 0.15) is 6.04 Å². The first-order valence-corrected chi connectivity index (χ1v) is 15.1. The molecule has 0 spiro atoms. The Hall–Kier alpha value is -2.18. The summed E-state index contributed by atoms with van der Waals surface area (Å²) < 4.78 is 0. The van der Waals surface area contributed by atoms with Crippen LogP contribution in [0.15, 0.2) is 72.8 Å². The number of nitrogens with one attached hydrogen (secondary N) is 1. The van der Waals surface area contributed by atoms with Crippen molar-refractivity contribution in [2.45, 2.75) is 56.5 Å². The summed E-state index contributed by atoms with van der Waals surface area (Å²) in [6, 6.07) is 22.2. The molecule has 4 rings (SSSR count). The molecule has 3 aromatic rings. The highest BCUT2D eigenvalue weighted by molar-refractivity contribution is 7.99. The van der Waals surface area contributed by atoms with Crippen LogP contribution in [0.4, 0.5) is 0 Å². The Morgan fingerprint density at radius 3 is 2.26 bits per heavy atom. The van der Waals surface area contributed by atoms with E-state index < -0.39 is 6.04 Å². The van der Waals surface area contributed by atoms with E-state index in [1.165, 1.54) is 11.8 Å². The molecule has 1 atom stereocenters. The third kappa shape index (κ3) is 8.41. The van der Waals surface area contributed by atoms with Crippen LogP contribution in [0.3, 0.4) is 0 Å². The van der Waals surface area contributed by atoms with Gasteiger partial charge in [-0.1, -0.05) is 96.2 Å². The van der Waals surface area contributed by atoms with Crippen molar-refractivity contribution in [1.29, 1.82) is 0 Å². The number of thioether (sulfide) groups is 1. The minimum atomic E-state index is -0.638. The van der Waals surface area contributed by atoms with Crippen molar-refractivity contribution in [3.63, 3.8) is 0 Å². The lowest BCUT2D eigenvalue weighted by Crippen LogP contribution is -2.52. The minimum absolute atomic E-state index is 0.0995. The van der Waals surface area contributed by atoms with Crippen LogP contribution in [0.1, 0.15) is 42.4 Å². The zero-order valence-corrected chi connectivity index (χ0v) is 24.1. The first-order valence-electron chi connectivity index (χ1n) is 12.8. The smallest absolute Gasteiger partial charge is 0.243 e. The Morgan fingerprint density at radius 2 is 1.58 bits per heavy atom. The molecule has 8 heteroatoms. The molecule has 0 radical (unpaired) electrons. The molecule has 1 N–H and O–H groups in total. The van der Waals surface area contributed by atoms with Crippen molar-refractivity contribution in [2.24, 2.45) is 0 Å². The third-order valence-corrected chi connectivity index (χ3v) is 8.54. The maximum atomic E-state index is 13.8. The third-order valence-electron chi connectivity index (χ3n) is 6.74. The average Bonchev–Trinajstić information content (AvgIpc) is 3.42. The van der Waals surface area contributed by atoms with Crippen molar-refractivity contribution in [3.8, 4) is 0 Å². The van der Waals surface area contributed by atoms with Gasteiger partial charge in [0.05, 0.1) is 5.75 Å². The Kier molecular flexibility index (Phi) is 10.8. The maximum Gasteiger partial charge on any atom is 0.243 e. The fourth-order valence-corrected chi connectivity index (χ4v) is 6.27. The highest BCUT2D eigenvalue weighted by Gasteiger charge is 2.32. The second-order valence-electron chi connectivity index (χ2n) is 9.57. The molecule has 0 bridgehead atoms. The number of benzene rings is 3. The van der Waals surface area contributed by atoms with Gasteiger partial charge in [-0.3, -0.25) is 9.59 Å². The SMILES string of the molecule is O=C(NC1CCCC1)[C@@H](Cc1ccccc1)N(Cc1ccc(Cl)cc1)C(=O)CSCc1ccc(Cl)cc1Cl. The second-order valence-corrected chi connectivity index (χ2v) is 11.8. The summed E-state index contributed by atoms with van der Waals surface area (Å²) in [7, 11) is 0. The number of hydrogen-bond acceptors (Lipinski definition) is 3. The molecule has 2 amide bonds. The van der Waals surface area contributed by atoms with Crippen LogP contribution in [0.2, 0.25) is 15.1 Å². The number of halogens is 3. The standard InChI is InChI=1S/C30H31Cl3N2O2S/c31-24-13-10-22(11-14-24)18-35(29(36)20-38-19-23-12-15-25(32)17-27(23)33)28(16-21-6-2-1-3-7-21)30(37)34-26-8-4-5-9-26/h1-3,6-7,10-15,17,26,28H,4-5,8-9,16,18-20H2,(H,34,37)/t28-/m1/s1. The van der Waals surface area contributed by atoms with Gasteiger partial charge in [0.25, 0.3) is 0 Å². The molecule has 4 nitrogen and oxygen atoms in total. The van der Waals surface area contributed by atoms with Crippen LogP contribution in [0.5, 0.6) is 0 Å². The Balaban J connectivity index is 1.56. The van der Waals surface area contributed by atoms with Gasteiger partial charge in [0, 0.05) is 39.8 Å². The van der Waals surface area contributed by atoms with Crippen molar-refractivity contribution < 1.29 is 9.59 Å². The summed E-state index contributed by atoms with van der Waals surface area (Å²) in [5.41, 5.74) is 2.84. The second kappa shape index (κ2) is 14.3. The molecular formula is C30H31Cl3N2O2S. The van der Waals surface area contributed by atoms with E-state index in [1.54, 1.807) is 17.0 Å². The number of carbonyl (C=O) groups is 2. The molecule has 0 heterocycles. The summed E-state index contributed by atoms with van der Waals surface area (Å²) in [6.07, 6.45) is 4.63. The van der Waals surface area contributed by atoms with Gasteiger partial charge in [-0.05, 0) is 53.8 Å². The van der Waals surface area contributed by atoms with Crippen molar-refractivity contribution in [1.82, 2.24) is 10.2 Å². The highest BCUT2D eigenvalue weighted by Crippen LogP contribution is 2.26. The van der Waals surface area contributed by atoms with Crippen molar-refractivity contribution in [3.05, 3.63) is 105 Å². The van der Waals surface area contributed by atoms with Crippen LogP contribution in [0, 0.1) is 0 Å². The lowest BCUT2D eigenvalue weighted by Gasteiger charge is -2.32. The molecule has 1 aliphatic carbocycles. The Labute approximate surface area is 244 Å². The zero-order chi connectivity index (χ0) is 26.9. The molecule has 1 aliphatic rings. The molecule has 0 aliphatic heterocycles. The first kappa shape index (κ1) is 28.8. The molecule has 1 saturated carbocycles. The summed E-state index contributed by atoms with van der Waals surface area (Å²) in [5.74, 6) is 0.578. The van der Waals surface area contributed by atoms with Gasteiger partial charge in [0.15, 0.2) is 0 Å². The molecule has 0 saturated heterocycles. The molecule has 3 aromatic carbocycles. The van der Waals surface area contributed by atoms with Crippen LogP contribution < -0.4 is 5.32 Å². The average molecular weight is 590 g/mol. The predicted octanol–water partition coefficient (Wildman–Crippen LogP) is 7.58. The summed E-state index contributed by atoms with van der Waals surface area (Å²) >= 11 is 19.9.